The first kappa shape index (κ1) is 10.5. The summed E-state index contributed by atoms with van der Waals surface area (Å²) in [5, 5.41) is 0. The molecule has 2 unspecified atom stereocenters. The van der Waals surface area contributed by atoms with Gasteiger partial charge in [-0.3, -0.25) is 0 Å². The van der Waals surface area contributed by atoms with Crippen LogP contribution in [0, 0.1) is 17.8 Å². The van der Waals surface area contributed by atoms with Crippen molar-refractivity contribution in [1.29, 1.82) is 0 Å². The molecule has 1 heterocycles. The topological polar surface area (TPSA) is 9.23 Å². The van der Waals surface area contributed by atoms with Crippen LogP contribution in [0.4, 0.5) is 0 Å². The summed E-state index contributed by atoms with van der Waals surface area (Å²) in [7, 11) is 0. The van der Waals surface area contributed by atoms with Crippen LogP contribution in [0.2, 0.25) is 0 Å². The molecule has 4 atom stereocenters. The fraction of sp³-hybridized carbons (Fsp3) is 1.00. The standard InChI is InChI=1S/C13H24O/c1-3-10-9-14-13-8-6-5-7-12(13)11(10)4-2/h10-13H,3-9H2,1-2H3/t10-,11-,12?,13?/m1/s1. The second-order valence-electron chi connectivity index (χ2n) is 5.06. The van der Waals surface area contributed by atoms with Gasteiger partial charge in [-0.1, -0.05) is 39.5 Å². The van der Waals surface area contributed by atoms with Crippen molar-refractivity contribution in [3.63, 3.8) is 0 Å². The van der Waals surface area contributed by atoms with Crippen molar-refractivity contribution in [3.05, 3.63) is 0 Å². The van der Waals surface area contributed by atoms with Crippen molar-refractivity contribution in [2.75, 3.05) is 6.61 Å². The van der Waals surface area contributed by atoms with E-state index in [-0.39, 0.29) is 0 Å². The fourth-order valence-electron chi connectivity index (χ4n) is 3.60. The minimum absolute atomic E-state index is 0.622. The van der Waals surface area contributed by atoms with E-state index < -0.39 is 0 Å². The van der Waals surface area contributed by atoms with Crippen molar-refractivity contribution >= 4 is 0 Å². The fourth-order valence-corrected chi connectivity index (χ4v) is 3.60. The molecule has 0 N–H and O–H groups in total. The van der Waals surface area contributed by atoms with Gasteiger partial charge >= 0.3 is 0 Å². The van der Waals surface area contributed by atoms with Gasteiger partial charge in [-0.15, -0.1) is 0 Å². The molecule has 0 radical (unpaired) electrons. The summed E-state index contributed by atoms with van der Waals surface area (Å²) in [5.74, 6) is 2.70. The average molecular weight is 196 g/mol. The summed E-state index contributed by atoms with van der Waals surface area (Å²) in [6.45, 7) is 5.72. The van der Waals surface area contributed by atoms with Gasteiger partial charge in [0.1, 0.15) is 0 Å². The zero-order chi connectivity index (χ0) is 9.97. The summed E-state index contributed by atoms with van der Waals surface area (Å²) >= 11 is 0. The molecule has 0 spiro atoms. The van der Waals surface area contributed by atoms with Crippen molar-refractivity contribution in [2.45, 2.75) is 58.5 Å². The Labute approximate surface area is 88.2 Å². The quantitative estimate of drug-likeness (QED) is 0.655. The maximum atomic E-state index is 6.02. The van der Waals surface area contributed by atoms with Gasteiger partial charge in [-0.05, 0) is 30.6 Å². The summed E-state index contributed by atoms with van der Waals surface area (Å²) in [6, 6.07) is 0. The van der Waals surface area contributed by atoms with Gasteiger partial charge in [0.15, 0.2) is 0 Å². The molecule has 1 nitrogen and oxygen atoms in total. The molecule has 82 valence electrons. The summed E-state index contributed by atoms with van der Waals surface area (Å²) in [4.78, 5) is 0. The first-order chi connectivity index (χ1) is 6.86. The van der Waals surface area contributed by atoms with Crippen LogP contribution in [0.3, 0.4) is 0 Å². The minimum atomic E-state index is 0.622. The van der Waals surface area contributed by atoms with Crippen molar-refractivity contribution < 1.29 is 4.74 Å². The van der Waals surface area contributed by atoms with E-state index in [2.05, 4.69) is 13.8 Å². The molecular weight excluding hydrogens is 172 g/mol. The molecule has 1 saturated carbocycles. The van der Waals surface area contributed by atoms with Crippen molar-refractivity contribution in [1.82, 2.24) is 0 Å². The zero-order valence-corrected chi connectivity index (χ0v) is 9.67. The Bertz CT molecular complexity index is 172. The highest BCUT2D eigenvalue weighted by Gasteiger charge is 2.39. The molecule has 0 aromatic carbocycles. The van der Waals surface area contributed by atoms with E-state index in [9.17, 15) is 0 Å². The van der Waals surface area contributed by atoms with Crippen molar-refractivity contribution in [2.24, 2.45) is 17.8 Å². The SMILES string of the molecule is CC[C@@H]1COC2CCCCC2[C@@H]1CC. The van der Waals surface area contributed by atoms with E-state index in [1.807, 2.05) is 0 Å². The van der Waals surface area contributed by atoms with E-state index in [0.717, 1.165) is 24.4 Å². The van der Waals surface area contributed by atoms with E-state index in [1.54, 1.807) is 0 Å². The third-order valence-corrected chi connectivity index (χ3v) is 4.43. The Balaban J connectivity index is 2.04. The van der Waals surface area contributed by atoms with Gasteiger partial charge in [0.25, 0.3) is 0 Å². The number of rotatable bonds is 2. The van der Waals surface area contributed by atoms with Crippen LogP contribution in [-0.4, -0.2) is 12.7 Å². The molecule has 1 heteroatoms. The van der Waals surface area contributed by atoms with Gasteiger partial charge < -0.3 is 4.74 Å². The first-order valence-electron chi connectivity index (χ1n) is 6.48. The molecule has 0 amide bonds. The van der Waals surface area contributed by atoms with Crippen LogP contribution in [0.1, 0.15) is 52.4 Å². The number of hydrogen-bond donors (Lipinski definition) is 0. The Morgan fingerprint density at radius 3 is 2.57 bits per heavy atom. The molecule has 1 aliphatic heterocycles. The normalized spacial score (nSPS) is 43.3. The maximum Gasteiger partial charge on any atom is 0.0606 e. The number of fused-ring (bicyclic) bond motifs is 1. The monoisotopic (exact) mass is 196 g/mol. The van der Waals surface area contributed by atoms with Crippen LogP contribution in [0.25, 0.3) is 0 Å². The Hall–Kier alpha value is -0.0400. The van der Waals surface area contributed by atoms with Crippen LogP contribution in [0.5, 0.6) is 0 Å². The Morgan fingerprint density at radius 2 is 1.86 bits per heavy atom. The lowest BCUT2D eigenvalue weighted by Crippen LogP contribution is -2.43. The first-order valence-corrected chi connectivity index (χ1v) is 6.48. The van der Waals surface area contributed by atoms with Crippen LogP contribution < -0.4 is 0 Å². The van der Waals surface area contributed by atoms with Gasteiger partial charge in [-0.25, -0.2) is 0 Å². The number of ether oxygens (including phenoxy) is 1. The smallest absolute Gasteiger partial charge is 0.0606 e. The van der Waals surface area contributed by atoms with Crippen LogP contribution >= 0.6 is 0 Å². The predicted octanol–water partition coefficient (Wildman–Crippen LogP) is 3.63. The van der Waals surface area contributed by atoms with Crippen molar-refractivity contribution in [3.8, 4) is 0 Å². The molecule has 1 saturated heterocycles. The summed E-state index contributed by atoms with van der Waals surface area (Å²) in [6.07, 6.45) is 8.89. The Kier molecular flexibility index (Phi) is 3.48. The molecule has 2 rings (SSSR count). The van der Waals surface area contributed by atoms with E-state index in [0.29, 0.717) is 6.10 Å². The Morgan fingerprint density at radius 1 is 1.07 bits per heavy atom. The molecule has 0 bridgehead atoms. The molecule has 0 aromatic heterocycles. The predicted molar refractivity (Wildman–Crippen MR) is 59.3 cm³/mol. The molecule has 2 fully saturated rings. The van der Waals surface area contributed by atoms with Gasteiger partial charge in [0.05, 0.1) is 12.7 Å². The van der Waals surface area contributed by atoms with Gasteiger partial charge in [-0.2, -0.15) is 0 Å². The largest absolute Gasteiger partial charge is 0.378 e. The highest BCUT2D eigenvalue weighted by molar-refractivity contribution is 4.88. The average Bonchev–Trinajstić information content (AvgIpc) is 2.27. The maximum absolute atomic E-state index is 6.02. The van der Waals surface area contributed by atoms with Crippen LogP contribution in [0.15, 0.2) is 0 Å². The molecule has 1 aliphatic carbocycles. The third kappa shape index (κ3) is 1.84. The molecular formula is C13H24O. The van der Waals surface area contributed by atoms with Gasteiger partial charge in [0, 0.05) is 0 Å². The second kappa shape index (κ2) is 4.65. The zero-order valence-electron chi connectivity index (χ0n) is 9.67. The lowest BCUT2D eigenvalue weighted by molar-refractivity contribution is -0.110. The number of hydrogen-bond acceptors (Lipinski definition) is 1. The molecule has 2 aliphatic rings. The second-order valence-corrected chi connectivity index (χ2v) is 5.06. The highest BCUT2D eigenvalue weighted by Crippen LogP contribution is 2.42. The third-order valence-electron chi connectivity index (χ3n) is 4.43. The van der Waals surface area contributed by atoms with Crippen LogP contribution in [-0.2, 0) is 4.74 Å². The minimum Gasteiger partial charge on any atom is -0.378 e. The van der Waals surface area contributed by atoms with E-state index in [4.69, 9.17) is 4.74 Å². The lowest BCUT2D eigenvalue weighted by atomic mass is 9.69. The molecule has 0 aromatic rings. The van der Waals surface area contributed by atoms with Gasteiger partial charge in [0.2, 0.25) is 0 Å². The highest BCUT2D eigenvalue weighted by atomic mass is 16.5. The lowest BCUT2D eigenvalue weighted by Gasteiger charge is -2.45. The summed E-state index contributed by atoms with van der Waals surface area (Å²) in [5.41, 5.74) is 0. The molecule has 14 heavy (non-hydrogen) atoms. The summed E-state index contributed by atoms with van der Waals surface area (Å²) < 4.78 is 6.02. The van der Waals surface area contributed by atoms with E-state index in [1.165, 1.54) is 38.5 Å². The van der Waals surface area contributed by atoms with E-state index >= 15 is 0 Å².